The summed E-state index contributed by atoms with van der Waals surface area (Å²) in [7, 11) is 0. The molecule has 4 aliphatic carbocycles. The number of hydrogen-bond donors (Lipinski definition) is 1. The molecule has 4 saturated carbocycles. The summed E-state index contributed by atoms with van der Waals surface area (Å²) in [5.41, 5.74) is 6.50. The van der Waals surface area contributed by atoms with Gasteiger partial charge in [-0.3, -0.25) is 4.79 Å². The van der Waals surface area contributed by atoms with E-state index >= 15 is 0 Å². The predicted octanol–water partition coefficient (Wildman–Crippen LogP) is 4.53. The zero-order valence-corrected chi connectivity index (χ0v) is 14.9. The molecule has 1 aromatic carbocycles. The average Bonchev–Trinajstić information content (AvgIpc) is 2.59. The molecule has 4 aliphatic rings. The van der Waals surface area contributed by atoms with Gasteiger partial charge in [0.1, 0.15) is 17.0 Å². The van der Waals surface area contributed by atoms with Crippen LogP contribution in [0.1, 0.15) is 61.9 Å². The Kier molecular flexibility index (Phi) is 3.56. The van der Waals surface area contributed by atoms with Crippen LogP contribution in [0.4, 0.5) is 10.3 Å². The van der Waals surface area contributed by atoms with Crippen molar-refractivity contribution in [2.24, 2.45) is 23.2 Å². The Bertz CT molecular complexity index is 859. The fraction of sp³-hybridized carbons (Fsp3) is 0.571. The maximum Gasteiger partial charge on any atom is 0.221 e. The first-order valence-electron chi connectivity index (χ1n) is 9.76. The molecule has 0 unspecified atom stereocenters. The molecule has 136 valence electrons. The lowest BCUT2D eigenvalue weighted by Crippen LogP contribution is -2.46. The Morgan fingerprint density at radius 1 is 1.12 bits per heavy atom. The second-order valence-corrected chi connectivity index (χ2v) is 8.91. The Balaban J connectivity index is 1.40. The highest BCUT2D eigenvalue weighted by molar-refractivity contribution is 6.05. The Labute approximate surface area is 152 Å². The first-order valence-corrected chi connectivity index (χ1v) is 9.76. The molecule has 4 bridgehead atoms. The number of ketones is 1. The fourth-order valence-electron chi connectivity index (χ4n) is 6.44. The van der Waals surface area contributed by atoms with Crippen LogP contribution in [0.3, 0.4) is 0 Å². The third kappa shape index (κ3) is 2.60. The molecule has 0 saturated heterocycles. The van der Waals surface area contributed by atoms with Crippen LogP contribution in [0.5, 0.6) is 0 Å². The van der Waals surface area contributed by atoms with Crippen LogP contribution in [0.15, 0.2) is 18.2 Å². The van der Waals surface area contributed by atoms with Gasteiger partial charge >= 0.3 is 0 Å². The zero-order valence-electron chi connectivity index (χ0n) is 14.9. The van der Waals surface area contributed by atoms with E-state index in [-0.39, 0.29) is 22.9 Å². The summed E-state index contributed by atoms with van der Waals surface area (Å²) < 4.78 is 14.0. The van der Waals surface area contributed by atoms with Crippen LogP contribution in [0.25, 0.3) is 10.9 Å². The molecule has 2 N–H and O–H groups in total. The van der Waals surface area contributed by atoms with E-state index in [2.05, 4.69) is 9.97 Å². The van der Waals surface area contributed by atoms with E-state index in [9.17, 15) is 9.18 Å². The van der Waals surface area contributed by atoms with Gasteiger partial charge < -0.3 is 5.73 Å². The number of Topliss-reactive ketones (excluding diaryl/α,β-unsaturated/α-hetero) is 1. The van der Waals surface area contributed by atoms with Crippen molar-refractivity contribution in [3.05, 3.63) is 29.7 Å². The molecule has 2 aromatic rings. The number of benzene rings is 1. The molecule has 1 heterocycles. The molecule has 4 fully saturated rings. The summed E-state index contributed by atoms with van der Waals surface area (Å²) in [6.07, 6.45) is 9.46. The van der Waals surface area contributed by atoms with Crippen molar-refractivity contribution in [1.29, 1.82) is 0 Å². The van der Waals surface area contributed by atoms with Gasteiger partial charge in [0.2, 0.25) is 5.95 Å². The minimum Gasteiger partial charge on any atom is -0.368 e. The average molecular weight is 353 g/mol. The van der Waals surface area contributed by atoms with Crippen LogP contribution in [-0.2, 0) is 0 Å². The van der Waals surface area contributed by atoms with E-state index in [1.54, 1.807) is 12.1 Å². The number of carbonyl (C=O) groups is 1. The van der Waals surface area contributed by atoms with Crippen molar-refractivity contribution in [2.45, 2.75) is 51.4 Å². The van der Waals surface area contributed by atoms with Crippen molar-refractivity contribution >= 4 is 22.6 Å². The normalized spacial score (nSPS) is 32.3. The molecule has 5 heteroatoms. The molecule has 6 rings (SSSR count). The van der Waals surface area contributed by atoms with E-state index in [4.69, 9.17) is 5.73 Å². The molecular formula is C21H24FN3O. The standard InChI is InChI=1S/C21H24FN3O/c22-16-3-1-2-15-18(16)24-20(23)25-19(15)17(26)4-5-21-9-12-6-13(10-21)8-14(7-12)11-21/h1-3,12-14H,4-11H2,(H2,23,24,25). The Morgan fingerprint density at radius 3 is 2.42 bits per heavy atom. The zero-order chi connectivity index (χ0) is 17.9. The van der Waals surface area contributed by atoms with E-state index in [1.165, 1.54) is 44.6 Å². The maximum atomic E-state index is 14.0. The number of fused-ring (bicyclic) bond motifs is 1. The molecule has 26 heavy (non-hydrogen) atoms. The van der Waals surface area contributed by atoms with Crippen molar-refractivity contribution in [1.82, 2.24) is 9.97 Å². The van der Waals surface area contributed by atoms with Crippen molar-refractivity contribution < 1.29 is 9.18 Å². The molecule has 0 aliphatic heterocycles. The highest BCUT2D eigenvalue weighted by Gasteiger charge is 2.50. The van der Waals surface area contributed by atoms with E-state index in [0.717, 1.165) is 24.2 Å². The number of nitrogens with two attached hydrogens (primary N) is 1. The van der Waals surface area contributed by atoms with Crippen LogP contribution in [0, 0.1) is 29.0 Å². The van der Waals surface area contributed by atoms with Gasteiger partial charge in [-0.1, -0.05) is 12.1 Å². The van der Waals surface area contributed by atoms with Gasteiger partial charge in [0.15, 0.2) is 5.78 Å². The minimum atomic E-state index is -0.466. The smallest absolute Gasteiger partial charge is 0.221 e. The van der Waals surface area contributed by atoms with Crippen LogP contribution < -0.4 is 5.73 Å². The number of nitrogen functional groups attached to an aromatic ring is 1. The molecule has 0 atom stereocenters. The fourth-order valence-corrected chi connectivity index (χ4v) is 6.44. The van der Waals surface area contributed by atoms with Gasteiger partial charge in [-0.15, -0.1) is 0 Å². The highest BCUT2D eigenvalue weighted by Crippen LogP contribution is 2.61. The Morgan fingerprint density at radius 2 is 1.77 bits per heavy atom. The minimum absolute atomic E-state index is 0.0366. The van der Waals surface area contributed by atoms with Crippen LogP contribution in [-0.4, -0.2) is 15.8 Å². The first kappa shape index (κ1) is 16.2. The summed E-state index contributed by atoms with van der Waals surface area (Å²) in [4.78, 5) is 21.1. The highest BCUT2D eigenvalue weighted by atomic mass is 19.1. The molecule has 4 nitrogen and oxygen atoms in total. The van der Waals surface area contributed by atoms with Gasteiger partial charge in [-0.05, 0) is 74.2 Å². The lowest BCUT2D eigenvalue weighted by molar-refractivity contribution is -0.0570. The second kappa shape index (κ2) is 5.73. The summed E-state index contributed by atoms with van der Waals surface area (Å²) in [5, 5.41) is 0.467. The third-order valence-corrected chi connectivity index (χ3v) is 7.01. The van der Waals surface area contributed by atoms with Crippen molar-refractivity contribution in [2.75, 3.05) is 5.73 Å². The summed E-state index contributed by atoms with van der Waals surface area (Å²) in [5.74, 6) is 2.08. The largest absolute Gasteiger partial charge is 0.368 e. The van der Waals surface area contributed by atoms with Crippen molar-refractivity contribution in [3.63, 3.8) is 0 Å². The summed E-state index contributed by atoms with van der Waals surface area (Å²) in [6, 6.07) is 4.63. The van der Waals surface area contributed by atoms with Gasteiger partial charge in [0.05, 0.1) is 0 Å². The second-order valence-electron chi connectivity index (χ2n) is 8.91. The number of hydrogen-bond acceptors (Lipinski definition) is 4. The number of halogens is 1. The molecular weight excluding hydrogens is 329 g/mol. The van der Waals surface area contributed by atoms with Gasteiger partial charge in [-0.25, -0.2) is 14.4 Å². The Hall–Kier alpha value is -2.04. The topological polar surface area (TPSA) is 68.9 Å². The van der Waals surface area contributed by atoms with Crippen molar-refractivity contribution in [3.8, 4) is 0 Å². The molecule has 0 spiro atoms. The SMILES string of the molecule is Nc1nc(C(=O)CCC23CC4CC(CC(C4)C2)C3)c2cccc(F)c2n1. The number of para-hydroxylation sites is 1. The van der Waals surface area contributed by atoms with E-state index in [1.807, 2.05) is 0 Å². The van der Waals surface area contributed by atoms with Crippen LogP contribution >= 0.6 is 0 Å². The van der Waals surface area contributed by atoms with Gasteiger partial charge in [-0.2, -0.15) is 0 Å². The summed E-state index contributed by atoms with van der Waals surface area (Å²) in [6.45, 7) is 0. The number of anilines is 1. The van der Waals surface area contributed by atoms with E-state index in [0.29, 0.717) is 17.2 Å². The molecule has 0 amide bonds. The quantitative estimate of drug-likeness (QED) is 0.820. The summed E-state index contributed by atoms with van der Waals surface area (Å²) >= 11 is 0. The number of rotatable bonds is 4. The monoisotopic (exact) mass is 353 g/mol. The number of aromatic nitrogens is 2. The van der Waals surface area contributed by atoms with Gasteiger partial charge in [0.25, 0.3) is 0 Å². The first-order chi connectivity index (χ1) is 12.5. The lowest BCUT2D eigenvalue weighted by atomic mass is 9.48. The lowest BCUT2D eigenvalue weighted by Gasteiger charge is -2.57. The van der Waals surface area contributed by atoms with Crippen LogP contribution in [0.2, 0.25) is 0 Å². The molecule has 0 radical (unpaired) electrons. The number of nitrogens with zero attached hydrogens (tertiary/aromatic N) is 2. The van der Waals surface area contributed by atoms with E-state index < -0.39 is 5.82 Å². The molecule has 1 aromatic heterocycles. The maximum absolute atomic E-state index is 14.0. The third-order valence-electron chi connectivity index (χ3n) is 7.01. The predicted molar refractivity (Wildman–Crippen MR) is 98.1 cm³/mol. The number of carbonyl (C=O) groups excluding carboxylic acids is 1. The van der Waals surface area contributed by atoms with Gasteiger partial charge in [0, 0.05) is 11.8 Å².